The number of hydrazine groups is 1. The number of para-hydroxylation sites is 1. The molecule has 0 aliphatic carbocycles. The first-order valence-corrected chi connectivity index (χ1v) is 7.49. The molecule has 2 N–H and O–H groups in total. The molecule has 0 aliphatic heterocycles. The Bertz CT molecular complexity index is 951. The summed E-state index contributed by atoms with van der Waals surface area (Å²) < 4.78 is 1.58. The first-order chi connectivity index (χ1) is 12.6. The Labute approximate surface area is 147 Å². The van der Waals surface area contributed by atoms with E-state index in [0.29, 0.717) is 0 Å². The van der Waals surface area contributed by atoms with Crippen LogP contribution in [0.15, 0.2) is 67.1 Å². The van der Waals surface area contributed by atoms with Crippen molar-refractivity contribution in [2.24, 2.45) is 0 Å². The van der Waals surface area contributed by atoms with Gasteiger partial charge < -0.3 is 0 Å². The monoisotopic (exact) mass is 351 g/mol. The number of nitro benzene ring substituents is 1. The third kappa shape index (κ3) is 3.56. The lowest BCUT2D eigenvalue weighted by Gasteiger charge is -2.10. The molecular formula is C17H13N5O4. The number of aromatic nitrogens is 2. The molecule has 0 spiro atoms. The van der Waals surface area contributed by atoms with Crippen LogP contribution in [0, 0.1) is 10.1 Å². The Morgan fingerprint density at radius 3 is 2.27 bits per heavy atom. The van der Waals surface area contributed by atoms with Gasteiger partial charge in [-0.1, -0.05) is 18.2 Å². The van der Waals surface area contributed by atoms with Crippen molar-refractivity contribution in [3.63, 3.8) is 0 Å². The molecule has 0 fully saturated rings. The third-order valence-corrected chi connectivity index (χ3v) is 3.54. The van der Waals surface area contributed by atoms with Crippen molar-refractivity contribution in [2.45, 2.75) is 0 Å². The molecule has 9 heteroatoms. The average Bonchev–Trinajstić information content (AvgIpc) is 3.16. The zero-order valence-corrected chi connectivity index (χ0v) is 13.3. The molecule has 0 radical (unpaired) electrons. The average molecular weight is 351 g/mol. The van der Waals surface area contributed by atoms with Crippen molar-refractivity contribution < 1.29 is 14.5 Å². The fraction of sp³-hybridized carbons (Fsp3) is 0. The molecule has 0 saturated heterocycles. The molecule has 0 unspecified atom stereocenters. The van der Waals surface area contributed by atoms with E-state index in [0.717, 1.165) is 5.69 Å². The fourth-order valence-corrected chi connectivity index (χ4v) is 2.24. The molecular weight excluding hydrogens is 338 g/mol. The van der Waals surface area contributed by atoms with Gasteiger partial charge in [0.15, 0.2) is 0 Å². The summed E-state index contributed by atoms with van der Waals surface area (Å²) in [5, 5.41) is 10.6. The lowest BCUT2D eigenvalue weighted by atomic mass is 10.2. The van der Waals surface area contributed by atoms with Crippen LogP contribution in [-0.4, -0.2) is 26.3 Å². The molecule has 3 aromatic rings. The predicted octanol–water partition coefficient (Wildman–Crippen LogP) is 1.86. The third-order valence-electron chi connectivity index (χ3n) is 3.54. The number of imidazole rings is 1. The van der Waals surface area contributed by atoms with Crippen LogP contribution in [0.3, 0.4) is 0 Å². The summed E-state index contributed by atoms with van der Waals surface area (Å²) in [5.41, 5.74) is 5.59. The topological polar surface area (TPSA) is 119 Å². The largest absolute Gasteiger partial charge is 0.295 e. The second kappa shape index (κ2) is 7.26. The number of nitrogens with one attached hydrogen (secondary N) is 2. The lowest BCUT2D eigenvalue weighted by Crippen LogP contribution is -2.42. The number of benzene rings is 2. The number of rotatable bonds is 4. The summed E-state index contributed by atoms with van der Waals surface area (Å²) in [6.45, 7) is 0. The van der Waals surface area contributed by atoms with E-state index in [-0.39, 0.29) is 16.9 Å². The van der Waals surface area contributed by atoms with Crippen molar-refractivity contribution in [1.82, 2.24) is 20.4 Å². The van der Waals surface area contributed by atoms with Crippen molar-refractivity contribution in [3.05, 3.63) is 88.5 Å². The zero-order chi connectivity index (χ0) is 18.5. The minimum Gasteiger partial charge on any atom is -0.295 e. The zero-order valence-electron chi connectivity index (χ0n) is 13.3. The van der Waals surface area contributed by atoms with E-state index < -0.39 is 16.7 Å². The Kier molecular flexibility index (Phi) is 4.70. The molecule has 130 valence electrons. The van der Waals surface area contributed by atoms with Crippen LogP contribution < -0.4 is 10.9 Å². The highest BCUT2D eigenvalue weighted by Crippen LogP contribution is 2.12. The number of hydrogen-bond donors (Lipinski definition) is 2. The molecule has 0 bridgehead atoms. The van der Waals surface area contributed by atoms with Gasteiger partial charge in [-0.3, -0.25) is 35.1 Å². The summed E-state index contributed by atoms with van der Waals surface area (Å²) in [4.78, 5) is 38.4. The Morgan fingerprint density at radius 1 is 0.962 bits per heavy atom. The molecule has 3 rings (SSSR count). The second-order valence-electron chi connectivity index (χ2n) is 5.20. The number of carbonyl (C=O) groups excluding carboxylic acids is 2. The summed E-state index contributed by atoms with van der Waals surface area (Å²) in [7, 11) is 0. The molecule has 1 heterocycles. The quantitative estimate of drug-likeness (QED) is 0.549. The maximum absolute atomic E-state index is 12.3. The molecule has 0 atom stereocenters. The number of hydrogen-bond acceptors (Lipinski definition) is 5. The minimum absolute atomic E-state index is 0.127. The Balaban J connectivity index is 1.67. The van der Waals surface area contributed by atoms with E-state index >= 15 is 0 Å². The van der Waals surface area contributed by atoms with E-state index in [2.05, 4.69) is 15.8 Å². The summed E-state index contributed by atoms with van der Waals surface area (Å²) >= 11 is 0. The van der Waals surface area contributed by atoms with Gasteiger partial charge in [-0.15, -0.1) is 0 Å². The predicted molar refractivity (Wildman–Crippen MR) is 91.6 cm³/mol. The van der Waals surface area contributed by atoms with Gasteiger partial charge >= 0.3 is 0 Å². The summed E-state index contributed by atoms with van der Waals surface area (Å²) in [5.74, 6) is -1.15. The highest BCUT2D eigenvalue weighted by atomic mass is 16.6. The minimum atomic E-state index is -0.598. The number of carbonyl (C=O) groups is 2. The Morgan fingerprint density at radius 2 is 1.62 bits per heavy atom. The van der Waals surface area contributed by atoms with Crippen LogP contribution >= 0.6 is 0 Å². The second-order valence-corrected chi connectivity index (χ2v) is 5.20. The van der Waals surface area contributed by atoms with Crippen LogP contribution in [0.4, 0.5) is 5.69 Å². The highest BCUT2D eigenvalue weighted by molar-refractivity contribution is 5.98. The van der Waals surface area contributed by atoms with Gasteiger partial charge in [0.05, 0.1) is 17.4 Å². The number of nitrogens with zero attached hydrogens (tertiary/aromatic N) is 3. The van der Waals surface area contributed by atoms with Gasteiger partial charge in [0.1, 0.15) is 5.69 Å². The first-order valence-electron chi connectivity index (χ1n) is 7.49. The molecule has 0 aliphatic rings. The van der Waals surface area contributed by atoms with E-state index in [1.54, 1.807) is 4.57 Å². The van der Waals surface area contributed by atoms with Gasteiger partial charge in [0, 0.05) is 23.4 Å². The molecule has 1 aromatic heterocycles. The molecule has 9 nitrogen and oxygen atoms in total. The first kappa shape index (κ1) is 16.8. The van der Waals surface area contributed by atoms with E-state index in [4.69, 9.17) is 0 Å². The normalized spacial score (nSPS) is 10.2. The van der Waals surface area contributed by atoms with E-state index in [1.165, 1.54) is 36.8 Å². The van der Waals surface area contributed by atoms with Crippen molar-refractivity contribution >= 4 is 17.5 Å². The van der Waals surface area contributed by atoms with Gasteiger partial charge in [0.2, 0.25) is 0 Å². The maximum atomic E-state index is 12.3. The Hall–Kier alpha value is -4.01. The van der Waals surface area contributed by atoms with Crippen LogP contribution in [0.1, 0.15) is 20.8 Å². The number of non-ortho nitro benzene ring substituents is 1. The molecule has 26 heavy (non-hydrogen) atoms. The maximum Gasteiger partial charge on any atom is 0.288 e. The fourth-order valence-electron chi connectivity index (χ4n) is 2.24. The van der Waals surface area contributed by atoms with E-state index in [1.807, 2.05) is 30.3 Å². The molecule has 0 saturated carbocycles. The van der Waals surface area contributed by atoms with Gasteiger partial charge in [0.25, 0.3) is 17.5 Å². The SMILES string of the molecule is O=C(NNC(=O)c1cncn1-c1ccccc1)c1ccc([N+](=O)[O-])cc1. The summed E-state index contributed by atoms with van der Waals surface area (Å²) in [6, 6.07) is 14.2. The number of nitro groups is 1. The van der Waals surface area contributed by atoms with Gasteiger partial charge in [-0.2, -0.15) is 0 Å². The van der Waals surface area contributed by atoms with Crippen molar-refractivity contribution in [1.29, 1.82) is 0 Å². The smallest absolute Gasteiger partial charge is 0.288 e. The lowest BCUT2D eigenvalue weighted by molar-refractivity contribution is -0.384. The molecule has 2 aromatic carbocycles. The van der Waals surface area contributed by atoms with Gasteiger partial charge in [-0.25, -0.2) is 4.98 Å². The van der Waals surface area contributed by atoms with Crippen LogP contribution in [0.5, 0.6) is 0 Å². The van der Waals surface area contributed by atoms with Crippen LogP contribution in [-0.2, 0) is 0 Å². The van der Waals surface area contributed by atoms with Crippen LogP contribution in [0.25, 0.3) is 5.69 Å². The standard InChI is InChI=1S/C17H13N5O4/c23-16(12-6-8-14(9-7-12)22(25)26)19-20-17(24)15-10-18-11-21(15)13-4-2-1-3-5-13/h1-11H,(H,19,23)(H,20,24). The number of amides is 2. The summed E-state index contributed by atoms with van der Waals surface area (Å²) in [6.07, 6.45) is 2.86. The van der Waals surface area contributed by atoms with Crippen LogP contribution in [0.2, 0.25) is 0 Å². The highest BCUT2D eigenvalue weighted by Gasteiger charge is 2.15. The van der Waals surface area contributed by atoms with Gasteiger partial charge in [-0.05, 0) is 24.3 Å². The molecule has 2 amide bonds. The van der Waals surface area contributed by atoms with Crippen molar-refractivity contribution in [3.8, 4) is 5.69 Å². The van der Waals surface area contributed by atoms with Crippen molar-refractivity contribution in [2.75, 3.05) is 0 Å². The van der Waals surface area contributed by atoms with E-state index in [9.17, 15) is 19.7 Å².